The Bertz CT molecular complexity index is 483. The highest BCUT2D eigenvalue weighted by atomic mass is 16.6. The average Bonchev–Trinajstić information content (AvgIpc) is 2.39. The first-order chi connectivity index (χ1) is 9.82. The molecular weight excluding hydrogens is 276 g/mol. The van der Waals surface area contributed by atoms with E-state index in [4.69, 9.17) is 14.2 Å². The standard InChI is InChI=1S/C15H20O6/c1-9(2)13(17)19-7-5-12(16)20-11-8-10-4-6-15(11,3)21-14(10)18/h10-11H,1,4-8H2,2-3H3. The van der Waals surface area contributed by atoms with Crippen molar-refractivity contribution < 1.29 is 28.6 Å². The minimum atomic E-state index is -0.726. The molecule has 2 saturated heterocycles. The van der Waals surface area contributed by atoms with Crippen LogP contribution in [0, 0.1) is 5.92 Å². The minimum Gasteiger partial charge on any atom is -0.462 e. The van der Waals surface area contributed by atoms with Gasteiger partial charge in [-0.3, -0.25) is 9.59 Å². The van der Waals surface area contributed by atoms with E-state index in [2.05, 4.69) is 6.58 Å². The third kappa shape index (κ3) is 3.43. The van der Waals surface area contributed by atoms with E-state index in [0.29, 0.717) is 12.8 Å². The van der Waals surface area contributed by atoms with Crippen molar-refractivity contribution in [2.75, 3.05) is 6.61 Å². The first-order valence-corrected chi connectivity index (χ1v) is 7.07. The smallest absolute Gasteiger partial charge is 0.333 e. The molecular formula is C15H20O6. The van der Waals surface area contributed by atoms with Crippen LogP contribution in [0.1, 0.15) is 39.5 Å². The Morgan fingerprint density at radius 1 is 1.48 bits per heavy atom. The van der Waals surface area contributed by atoms with E-state index in [9.17, 15) is 14.4 Å². The lowest BCUT2D eigenvalue weighted by Gasteiger charge is -2.47. The van der Waals surface area contributed by atoms with E-state index in [1.807, 2.05) is 0 Å². The Morgan fingerprint density at radius 2 is 2.19 bits per heavy atom. The van der Waals surface area contributed by atoms with Gasteiger partial charge in [-0.25, -0.2) is 4.79 Å². The van der Waals surface area contributed by atoms with Gasteiger partial charge in [0, 0.05) is 12.0 Å². The van der Waals surface area contributed by atoms with Crippen LogP contribution in [0.2, 0.25) is 0 Å². The molecule has 0 spiro atoms. The number of hydrogen-bond donors (Lipinski definition) is 0. The van der Waals surface area contributed by atoms with E-state index in [-0.39, 0.29) is 30.5 Å². The van der Waals surface area contributed by atoms with Gasteiger partial charge >= 0.3 is 17.9 Å². The third-order valence-electron chi connectivity index (χ3n) is 4.00. The third-order valence-corrected chi connectivity index (χ3v) is 4.00. The lowest BCUT2D eigenvalue weighted by Crippen LogP contribution is -2.57. The molecule has 3 aliphatic rings. The zero-order chi connectivity index (χ0) is 15.6. The van der Waals surface area contributed by atoms with Crippen LogP contribution in [-0.2, 0) is 28.6 Å². The first kappa shape index (κ1) is 15.5. The second kappa shape index (κ2) is 5.87. The predicted molar refractivity (Wildman–Crippen MR) is 72.1 cm³/mol. The van der Waals surface area contributed by atoms with Gasteiger partial charge in [-0.15, -0.1) is 0 Å². The maximum absolute atomic E-state index is 11.8. The fourth-order valence-electron chi connectivity index (χ4n) is 2.63. The van der Waals surface area contributed by atoms with Crippen molar-refractivity contribution in [1.82, 2.24) is 0 Å². The molecule has 3 fully saturated rings. The van der Waals surface area contributed by atoms with Gasteiger partial charge in [0.2, 0.25) is 0 Å². The SMILES string of the molecule is C=C(C)C(=O)OCCC(=O)OC1CC2CCC1(C)OC2=O. The topological polar surface area (TPSA) is 78.9 Å². The molecule has 0 radical (unpaired) electrons. The number of esters is 3. The second-order valence-electron chi connectivity index (χ2n) is 5.85. The van der Waals surface area contributed by atoms with Crippen molar-refractivity contribution in [2.24, 2.45) is 5.92 Å². The monoisotopic (exact) mass is 296 g/mol. The number of hydrogen-bond acceptors (Lipinski definition) is 6. The van der Waals surface area contributed by atoms with Gasteiger partial charge in [0.15, 0.2) is 0 Å². The lowest BCUT2D eigenvalue weighted by molar-refractivity contribution is -0.218. The summed E-state index contributed by atoms with van der Waals surface area (Å²) in [5.41, 5.74) is -0.442. The molecule has 0 aromatic rings. The molecule has 0 aromatic carbocycles. The highest BCUT2D eigenvalue weighted by molar-refractivity contribution is 5.87. The van der Waals surface area contributed by atoms with Gasteiger partial charge in [-0.2, -0.15) is 0 Å². The van der Waals surface area contributed by atoms with Crippen LogP contribution < -0.4 is 0 Å². The normalized spacial score (nSPS) is 30.5. The first-order valence-electron chi connectivity index (χ1n) is 7.07. The summed E-state index contributed by atoms with van der Waals surface area (Å²) in [6.45, 7) is 6.73. The summed E-state index contributed by atoms with van der Waals surface area (Å²) in [5.74, 6) is -1.36. The molecule has 3 atom stereocenters. The molecule has 3 rings (SSSR count). The van der Waals surface area contributed by atoms with E-state index in [1.165, 1.54) is 6.92 Å². The summed E-state index contributed by atoms with van der Waals surface area (Å²) in [6.07, 6.45) is 1.54. The maximum atomic E-state index is 11.8. The zero-order valence-corrected chi connectivity index (χ0v) is 12.3. The fraction of sp³-hybridized carbons (Fsp3) is 0.667. The average molecular weight is 296 g/mol. The molecule has 3 unspecified atom stereocenters. The molecule has 1 saturated carbocycles. The highest BCUT2D eigenvalue weighted by Crippen LogP contribution is 2.43. The Hall–Kier alpha value is -1.85. The number of carbonyl (C=O) groups is 3. The van der Waals surface area contributed by atoms with Crippen molar-refractivity contribution in [2.45, 2.75) is 51.2 Å². The van der Waals surface area contributed by atoms with Crippen molar-refractivity contribution in [3.05, 3.63) is 12.2 Å². The van der Waals surface area contributed by atoms with Crippen LogP contribution in [0.25, 0.3) is 0 Å². The van der Waals surface area contributed by atoms with Crippen LogP contribution in [-0.4, -0.2) is 36.2 Å². The number of rotatable bonds is 5. The summed E-state index contributed by atoms with van der Waals surface area (Å²) in [7, 11) is 0. The summed E-state index contributed by atoms with van der Waals surface area (Å²) in [6, 6.07) is 0. The Labute approximate surface area is 123 Å². The summed E-state index contributed by atoms with van der Waals surface area (Å²) in [4.78, 5) is 34.5. The van der Waals surface area contributed by atoms with Gasteiger partial charge in [0.05, 0.1) is 12.3 Å². The van der Waals surface area contributed by atoms with E-state index < -0.39 is 23.6 Å². The van der Waals surface area contributed by atoms with Crippen molar-refractivity contribution in [3.8, 4) is 0 Å². The van der Waals surface area contributed by atoms with Crippen molar-refractivity contribution >= 4 is 17.9 Å². The largest absolute Gasteiger partial charge is 0.462 e. The van der Waals surface area contributed by atoms with Crippen molar-refractivity contribution in [1.29, 1.82) is 0 Å². The Morgan fingerprint density at radius 3 is 2.76 bits per heavy atom. The molecule has 116 valence electrons. The van der Waals surface area contributed by atoms with Gasteiger partial charge in [-0.1, -0.05) is 6.58 Å². The Balaban J connectivity index is 1.80. The van der Waals surface area contributed by atoms with E-state index in [0.717, 1.165) is 6.42 Å². The van der Waals surface area contributed by atoms with Gasteiger partial charge in [-0.05, 0) is 26.7 Å². The minimum absolute atomic E-state index is 0.0236. The van der Waals surface area contributed by atoms with Gasteiger partial charge < -0.3 is 14.2 Å². The molecule has 1 aliphatic carbocycles. The van der Waals surface area contributed by atoms with Crippen LogP contribution in [0.4, 0.5) is 0 Å². The molecule has 0 amide bonds. The van der Waals surface area contributed by atoms with Crippen LogP contribution >= 0.6 is 0 Å². The molecule has 2 heterocycles. The molecule has 0 aromatic heterocycles. The quantitative estimate of drug-likeness (QED) is 0.435. The van der Waals surface area contributed by atoms with E-state index >= 15 is 0 Å². The van der Waals surface area contributed by atoms with Crippen LogP contribution in [0.3, 0.4) is 0 Å². The molecule has 2 bridgehead atoms. The van der Waals surface area contributed by atoms with Crippen LogP contribution in [0.15, 0.2) is 12.2 Å². The van der Waals surface area contributed by atoms with Crippen molar-refractivity contribution in [3.63, 3.8) is 0 Å². The zero-order valence-electron chi connectivity index (χ0n) is 12.3. The predicted octanol–water partition coefficient (Wildman–Crippen LogP) is 1.52. The molecule has 6 nitrogen and oxygen atoms in total. The maximum Gasteiger partial charge on any atom is 0.333 e. The highest BCUT2D eigenvalue weighted by Gasteiger charge is 2.52. The van der Waals surface area contributed by atoms with Crippen LogP contribution in [0.5, 0.6) is 0 Å². The molecule has 2 aliphatic heterocycles. The van der Waals surface area contributed by atoms with Gasteiger partial charge in [0.25, 0.3) is 0 Å². The molecule has 0 N–H and O–H groups in total. The summed E-state index contributed by atoms with van der Waals surface area (Å²) in [5, 5.41) is 0. The number of fused-ring (bicyclic) bond motifs is 3. The molecule has 21 heavy (non-hydrogen) atoms. The summed E-state index contributed by atoms with van der Waals surface area (Å²) < 4.78 is 15.6. The fourth-order valence-corrected chi connectivity index (χ4v) is 2.63. The van der Waals surface area contributed by atoms with E-state index in [1.54, 1.807) is 6.92 Å². The second-order valence-corrected chi connectivity index (χ2v) is 5.85. The lowest BCUT2D eigenvalue weighted by atomic mass is 9.74. The number of carbonyl (C=O) groups excluding carboxylic acids is 3. The number of ether oxygens (including phenoxy) is 3. The summed E-state index contributed by atoms with van der Waals surface area (Å²) >= 11 is 0. The van der Waals surface area contributed by atoms with Gasteiger partial charge in [0.1, 0.15) is 18.3 Å². The Kier molecular flexibility index (Phi) is 4.34. The molecule has 6 heteroatoms.